The molecule has 168 valence electrons. The van der Waals surface area contributed by atoms with Gasteiger partial charge in [0.15, 0.2) is 5.82 Å². The summed E-state index contributed by atoms with van der Waals surface area (Å²) in [5, 5.41) is 6.77. The largest absolute Gasteiger partial charge is 0.470 e. The van der Waals surface area contributed by atoms with Crippen molar-refractivity contribution in [2.45, 2.75) is 37.7 Å². The number of nitrogens with zero attached hydrogens (tertiary/aromatic N) is 2. The number of nitrogens with one attached hydrogen (secondary N) is 1. The van der Waals surface area contributed by atoms with Gasteiger partial charge >= 0.3 is 5.92 Å². The van der Waals surface area contributed by atoms with Crippen LogP contribution in [0.25, 0.3) is 10.9 Å². The molecule has 1 N–H and O–H groups in total. The zero-order chi connectivity index (χ0) is 23.7. The Labute approximate surface area is 186 Å². The van der Waals surface area contributed by atoms with E-state index in [2.05, 4.69) is 21.4 Å². The van der Waals surface area contributed by atoms with E-state index < -0.39 is 34.4 Å². The summed E-state index contributed by atoms with van der Waals surface area (Å²) in [7, 11) is 0. The van der Waals surface area contributed by atoms with E-state index in [4.69, 9.17) is 15.7 Å². The summed E-state index contributed by atoms with van der Waals surface area (Å²) in [5.41, 5.74) is -1.49. The molecule has 2 heterocycles. The Morgan fingerprint density at radius 3 is 2.59 bits per heavy atom. The average molecular weight is 463 g/mol. The minimum atomic E-state index is -3.20. The monoisotopic (exact) mass is 463 g/mol. The van der Waals surface area contributed by atoms with Crippen LogP contribution in [0, 0.1) is 18.2 Å². The number of fused-ring (bicyclic) bond motifs is 1. The Bertz CT molecular complexity index is 1200. The second-order valence-electron chi connectivity index (χ2n) is 7.61. The number of carbonyl (C=O) groups excluding carboxylic acids is 1. The van der Waals surface area contributed by atoms with Gasteiger partial charge in [-0.3, -0.25) is 9.78 Å². The molecule has 0 aliphatic carbocycles. The third-order valence-corrected chi connectivity index (χ3v) is 5.31. The van der Waals surface area contributed by atoms with Gasteiger partial charge in [-0.05, 0) is 32.2 Å². The lowest BCUT2D eigenvalue weighted by atomic mass is 10.00. The Balaban J connectivity index is 1.80. The lowest BCUT2D eigenvalue weighted by molar-refractivity contribution is -0.126. The number of aromatic nitrogens is 2. The molecule has 1 amide bonds. The van der Waals surface area contributed by atoms with Gasteiger partial charge in [0.05, 0.1) is 5.54 Å². The van der Waals surface area contributed by atoms with Crippen molar-refractivity contribution in [2.75, 3.05) is 6.26 Å². The Morgan fingerprint density at radius 1 is 1.28 bits per heavy atom. The quantitative estimate of drug-likeness (QED) is 0.409. The predicted octanol–water partition coefficient (Wildman–Crippen LogP) is 4.57. The highest BCUT2D eigenvalue weighted by molar-refractivity contribution is 7.99. The number of hydrogen-bond acceptors (Lipinski definition) is 6. The maximum Gasteiger partial charge on any atom is 0.304 e. The molecule has 0 saturated carbocycles. The zero-order valence-electron chi connectivity index (χ0n) is 17.7. The van der Waals surface area contributed by atoms with Crippen molar-refractivity contribution in [3.8, 4) is 18.1 Å². The molecule has 0 fully saturated rings. The molecule has 3 aromatic rings. The number of benzene rings is 1. The number of carbonyl (C=O) groups is 1. The predicted molar refractivity (Wildman–Crippen MR) is 115 cm³/mol. The van der Waals surface area contributed by atoms with Crippen molar-refractivity contribution >= 4 is 28.6 Å². The van der Waals surface area contributed by atoms with Crippen molar-refractivity contribution in [2.24, 2.45) is 0 Å². The van der Waals surface area contributed by atoms with Crippen LogP contribution in [0.2, 0.25) is 0 Å². The first-order valence-corrected chi connectivity index (χ1v) is 10.7. The zero-order valence-corrected chi connectivity index (χ0v) is 18.5. The van der Waals surface area contributed by atoms with Gasteiger partial charge < -0.3 is 14.6 Å². The van der Waals surface area contributed by atoms with Gasteiger partial charge in [-0.2, -0.15) is 8.78 Å². The average Bonchev–Trinajstić information content (AvgIpc) is 3.23. The minimum Gasteiger partial charge on any atom is -0.470 e. The van der Waals surface area contributed by atoms with Crippen LogP contribution >= 0.6 is 11.8 Å². The van der Waals surface area contributed by atoms with E-state index in [9.17, 15) is 18.0 Å². The summed E-state index contributed by atoms with van der Waals surface area (Å²) in [4.78, 5) is 16.8. The van der Waals surface area contributed by atoms with Crippen molar-refractivity contribution in [3.05, 3.63) is 53.3 Å². The fraction of sp³-hybridized carbons (Fsp3) is 0.318. The highest BCUT2D eigenvalue weighted by Gasteiger charge is 2.35. The van der Waals surface area contributed by atoms with Gasteiger partial charge in [0, 0.05) is 36.2 Å². The third-order valence-electron chi connectivity index (χ3n) is 4.57. The Kier molecular flexibility index (Phi) is 6.41. The molecule has 2 aromatic heterocycles. The van der Waals surface area contributed by atoms with Crippen LogP contribution < -0.4 is 10.1 Å². The molecule has 32 heavy (non-hydrogen) atoms. The van der Waals surface area contributed by atoms with Crippen LogP contribution in [0.3, 0.4) is 0 Å². The van der Waals surface area contributed by atoms with Crippen molar-refractivity contribution in [1.82, 2.24) is 15.5 Å². The molecule has 1 unspecified atom stereocenters. The van der Waals surface area contributed by atoms with Gasteiger partial charge in [-0.25, -0.2) is 4.39 Å². The van der Waals surface area contributed by atoms with Crippen LogP contribution in [0.5, 0.6) is 5.75 Å². The molecule has 1 atom stereocenters. The molecule has 0 bridgehead atoms. The molecule has 0 spiro atoms. The smallest absolute Gasteiger partial charge is 0.304 e. The SMILES string of the molecule is C#Cc1cnc2c(F)cc(OC(SC)C(=O)NC(C)(C)c3cc(C(C)(F)F)on3)cc2c1. The number of alkyl halides is 2. The van der Waals surface area contributed by atoms with Gasteiger partial charge in [-0.15, -0.1) is 18.2 Å². The fourth-order valence-electron chi connectivity index (χ4n) is 2.87. The number of thioether (sulfide) groups is 1. The van der Waals surface area contributed by atoms with Crippen LogP contribution in [0.1, 0.15) is 37.8 Å². The third kappa shape index (κ3) is 4.99. The van der Waals surface area contributed by atoms with Gasteiger partial charge in [-0.1, -0.05) is 11.1 Å². The number of hydrogen-bond donors (Lipinski definition) is 1. The van der Waals surface area contributed by atoms with E-state index in [0.717, 1.165) is 23.9 Å². The fourth-order valence-corrected chi connectivity index (χ4v) is 3.35. The van der Waals surface area contributed by atoms with Gasteiger partial charge in [0.1, 0.15) is 17.0 Å². The van der Waals surface area contributed by atoms with Crippen LogP contribution in [-0.2, 0) is 16.3 Å². The second kappa shape index (κ2) is 8.74. The van der Waals surface area contributed by atoms with Crippen LogP contribution in [0.15, 0.2) is 35.0 Å². The number of rotatable bonds is 7. The van der Waals surface area contributed by atoms with Crippen molar-refractivity contribution in [3.63, 3.8) is 0 Å². The first-order chi connectivity index (χ1) is 14.9. The van der Waals surface area contributed by atoms with E-state index in [1.807, 2.05) is 0 Å². The highest BCUT2D eigenvalue weighted by atomic mass is 32.2. The highest BCUT2D eigenvalue weighted by Crippen LogP contribution is 2.31. The maximum absolute atomic E-state index is 14.4. The van der Waals surface area contributed by atoms with E-state index >= 15 is 0 Å². The number of pyridine rings is 1. The number of halogens is 3. The summed E-state index contributed by atoms with van der Waals surface area (Å²) in [5.74, 6) is -2.48. The number of amides is 1. The Morgan fingerprint density at radius 2 is 2.00 bits per heavy atom. The molecule has 0 aliphatic rings. The molecule has 3 rings (SSSR count). The van der Waals surface area contributed by atoms with E-state index in [1.54, 1.807) is 26.2 Å². The van der Waals surface area contributed by atoms with E-state index in [1.165, 1.54) is 12.3 Å². The lowest BCUT2D eigenvalue weighted by Crippen LogP contribution is -2.46. The molecular weight excluding hydrogens is 443 g/mol. The Hall–Kier alpha value is -3.19. The molecular formula is C22H20F3N3O3S. The summed E-state index contributed by atoms with van der Waals surface area (Å²) in [6.45, 7) is 3.85. The van der Waals surface area contributed by atoms with Crippen LogP contribution in [0.4, 0.5) is 13.2 Å². The standard InChI is InChI=1S/C22H20F3N3O3S/c1-6-12-7-13-8-14(9-15(23)18(13)26-11-12)30-20(32-5)19(29)27-21(2,3)16-10-17(31-28-16)22(4,24)25/h1,7-11,20H,2-5H3,(H,27,29). The summed E-state index contributed by atoms with van der Waals surface area (Å²) in [6, 6.07) is 5.33. The maximum atomic E-state index is 14.4. The minimum absolute atomic E-state index is 0.104. The summed E-state index contributed by atoms with van der Waals surface area (Å²) < 4.78 is 51.7. The molecule has 0 aliphatic heterocycles. The van der Waals surface area contributed by atoms with Gasteiger partial charge in [0.2, 0.25) is 11.2 Å². The normalized spacial score (nSPS) is 12.9. The topological polar surface area (TPSA) is 77.2 Å². The molecule has 10 heteroatoms. The summed E-state index contributed by atoms with van der Waals surface area (Å²) in [6.07, 6.45) is 8.39. The van der Waals surface area contributed by atoms with Crippen molar-refractivity contribution in [1.29, 1.82) is 0 Å². The van der Waals surface area contributed by atoms with Crippen molar-refractivity contribution < 1.29 is 27.2 Å². The van der Waals surface area contributed by atoms with E-state index in [0.29, 0.717) is 17.9 Å². The molecule has 0 saturated heterocycles. The first-order valence-electron chi connectivity index (χ1n) is 9.37. The first kappa shape index (κ1) is 23.5. The second-order valence-corrected chi connectivity index (χ2v) is 8.51. The molecule has 0 radical (unpaired) electrons. The van der Waals surface area contributed by atoms with Gasteiger partial charge in [0.25, 0.3) is 5.91 Å². The number of terminal acetylenes is 1. The lowest BCUT2D eigenvalue weighted by Gasteiger charge is -2.26. The molecule has 1 aromatic carbocycles. The van der Waals surface area contributed by atoms with Crippen LogP contribution in [-0.4, -0.2) is 27.7 Å². The molecule has 6 nitrogen and oxygen atoms in total. The summed E-state index contributed by atoms with van der Waals surface area (Å²) >= 11 is 1.07. The van der Waals surface area contributed by atoms with E-state index in [-0.39, 0.29) is 17.0 Å². The number of ether oxygens (including phenoxy) is 1.